The molecule has 0 N–H and O–H groups in total. The van der Waals surface area contributed by atoms with Gasteiger partial charge in [0.05, 0.1) is 0 Å². The Kier molecular flexibility index (Phi) is 69.1. The first-order valence-corrected chi connectivity index (χ1v) is 54.2. The van der Waals surface area contributed by atoms with Crippen LogP contribution in [0.4, 0.5) is 0 Å². The van der Waals surface area contributed by atoms with Gasteiger partial charge in [-0.15, -0.1) is 0 Å². The van der Waals surface area contributed by atoms with Gasteiger partial charge in [0.15, 0.2) is 40.5 Å². The third kappa shape index (κ3) is 50.6. The number of unbranched alkanes of at least 4 members (excludes halogenated alkanes) is 5. The highest BCUT2D eigenvalue weighted by Crippen LogP contribution is 2.49. The Hall–Kier alpha value is -5.12. The van der Waals surface area contributed by atoms with Gasteiger partial charge < -0.3 is 14.4 Å². The summed E-state index contributed by atoms with van der Waals surface area (Å²) in [6.45, 7) is 72.3. The molecule has 0 aromatic heterocycles. The van der Waals surface area contributed by atoms with E-state index in [1.807, 2.05) is 34.6 Å². The monoisotopic (exact) mass is 1810 g/mol. The van der Waals surface area contributed by atoms with Gasteiger partial charge in [0, 0.05) is 64.2 Å². The normalized spacial score (nSPS) is 23.9. The number of rotatable bonds is 41. The van der Waals surface area contributed by atoms with Crippen LogP contribution in [0.25, 0.3) is 0 Å². The smallest absolute Gasteiger partial charge is 0.159 e. The van der Waals surface area contributed by atoms with Crippen molar-refractivity contribution in [3.05, 3.63) is 78.0 Å². The highest BCUT2D eigenvalue weighted by molar-refractivity contribution is 6.00. The van der Waals surface area contributed by atoms with E-state index in [4.69, 9.17) is 0 Å². The van der Waals surface area contributed by atoms with Crippen LogP contribution in [0.2, 0.25) is 0 Å². The Morgan fingerprint density at radius 3 is 0.692 bits per heavy atom. The number of Topliss-reactive ketones (excluding diaryl/α,β-unsaturated/α-hetero) is 10. The summed E-state index contributed by atoms with van der Waals surface area (Å²) in [6.07, 6.45) is 58.9. The maximum atomic E-state index is 12.5. The van der Waals surface area contributed by atoms with E-state index < -0.39 is 0 Å². The largest absolute Gasteiger partial charge is 0.300 e. The standard InChI is InChI=1S/C18H32O.C17H30O.C16H28O.C15H26O.C14H24O.C13H22O.C12H20O.C6H12O.C5H10O.C4H8O/c1-5-8-11-15-13-18(4,12-9-6-2)14-17(19)16(15)10-7-3;1-5-8-10-14-12-17(4,11-7-3)13-16(18)15(14)9-6-2;1-5-8-9-13-11-16(4,10-6-2)12-15(17)14(13)7-3;1-5-8-12-10-15(4,9-6-2)11-14(16)13(12)7-3;1-5-7-12-9-14(4,8-6-2)10-13(15)11(12)3;1-5-7-11-8-13(4,6-2)9-12(14)10(11)3;1-5-10-7-12(4,6-2)8-11(13)9(10)3;1-3-4-5-6(2)7;1-3-4-5(2)6;1-3-4(2)5/h5-14H2,1-4H3;5-13H2,1-4H3;5-12H2,1-4H3;5-11H2,1-4H3;5-10H2,1-4H3;5-9H2,1-4H3;5-8H2,1-4H3;3-5H2,1-2H3;3-4H2,1-2H3;3H2,1-2H3. The SMILES string of the molecule is CCC(C)=O.CCC1=C(C)C(=O)CC(C)(CC)C1.CCCC(C)=O.CCCC1=C(C)C(=O)CC(C)(CC)C1.CCCC1=C(C)C(=O)CC(C)(CCC)C1.CCCC1=C(CC)C(=O)CC(C)(CCC)C1.CCCCC(C)=O.CCCCC1=C(CC)C(=O)CC(C)(CCC)C1.CCCCC1=C(CCC)C(=O)CC(C)(CCC)C1.CCCCC1=C(CCC)C(=O)CC(C)(CCCC)C1. The van der Waals surface area contributed by atoms with Gasteiger partial charge in [-0.3, -0.25) is 33.6 Å². The zero-order valence-corrected chi connectivity index (χ0v) is 92.5. The minimum atomic E-state index is 0.237. The Morgan fingerprint density at radius 1 is 0.215 bits per heavy atom. The third-order valence-electron chi connectivity index (χ3n) is 29.0. The van der Waals surface area contributed by atoms with E-state index in [0.29, 0.717) is 52.7 Å². The maximum absolute atomic E-state index is 12.5. The summed E-state index contributed by atoms with van der Waals surface area (Å²) < 4.78 is 0. The highest BCUT2D eigenvalue weighted by Gasteiger charge is 2.41. The van der Waals surface area contributed by atoms with Crippen molar-refractivity contribution in [2.24, 2.45) is 37.9 Å². The number of allylic oxidation sites excluding steroid dienone is 14. The van der Waals surface area contributed by atoms with E-state index in [-0.39, 0.29) is 49.5 Å². The molecule has 0 aromatic carbocycles. The van der Waals surface area contributed by atoms with E-state index in [1.165, 1.54) is 172 Å². The van der Waals surface area contributed by atoms with Crippen molar-refractivity contribution in [1.82, 2.24) is 0 Å². The number of ketones is 10. The molecule has 7 aliphatic carbocycles. The van der Waals surface area contributed by atoms with Crippen molar-refractivity contribution in [2.75, 3.05) is 0 Å². The third-order valence-corrected chi connectivity index (χ3v) is 29.0. The van der Waals surface area contributed by atoms with Gasteiger partial charge in [-0.05, 0) is 311 Å². The van der Waals surface area contributed by atoms with Crippen molar-refractivity contribution in [2.45, 2.75) is 589 Å². The lowest BCUT2D eigenvalue weighted by molar-refractivity contribution is -0.119. The molecular weight excluding hydrogens is 1600 g/mol. The Balaban J connectivity index is -0.00000140. The zero-order valence-electron chi connectivity index (χ0n) is 92.5. The highest BCUT2D eigenvalue weighted by atomic mass is 16.2. The molecular formula is C120H212O10. The van der Waals surface area contributed by atoms with Crippen LogP contribution >= 0.6 is 0 Å². The van der Waals surface area contributed by atoms with Gasteiger partial charge in [-0.1, -0.05) is 329 Å². The molecule has 0 spiro atoms. The van der Waals surface area contributed by atoms with E-state index in [1.54, 1.807) is 20.8 Å². The lowest BCUT2D eigenvalue weighted by Gasteiger charge is -2.36. The lowest BCUT2D eigenvalue weighted by atomic mass is 9.68. The van der Waals surface area contributed by atoms with Crippen LogP contribution in [0.3, 0.4) is 0 Å². The van der Waals surface area contributed by atoms with Gasteiger partial charge in [0.1, 0.15) is 17.3 Å². The molecule has 10 nitrogen and oxygen atoms in total. The average Bonchev–Trinajstić information content (AvgIpc) is 0.889. The molecule has 0 heterocycles. The molecule has 7 atom stereocenters. The fraction of sp³-hybridized carbons (Fsp3) is 0.800. The summed E-state index contributed by atoms with van der Waals surface area (Å²) >= 11 is 0. The molecule has 0 amide bonds. The fourth-order valence-corrected chi connectivity index (χ4v) is 21.0. The summed E-state index contributed by atoms with van der Waals surface area (Å²) in [5.74, 6) is 3.75. The molecule has 0 saturated carbocycles. The van der Waals surface area contributed by atoms with E-state index >= 15 is 0 Å². The Morgan fingerprint density at radius 2 is 0.454 bits per heavy atom. The molecule has 7 rings (SSSR count). The molecule has 7 aliphatic rings. The van der Waals surface area contributed by atoms with Gasteiger partial charge >= 0.3 is 0 Å². The second-order valence-corrected chi connectivity index (χ2v) is 43.4. The zero-order chi connectivity index (χ0) is 100. The van der Waals surface area contributed by atoms with Gasteiger partial charge in [0.25, 0.3) is 0 Å². The Bertz CT molecular complexity index is 3640. The van der Waals surface area contributed by atoms with Crippen LogP contribution in [-0.4, -0.2) is 57.8 Å². The minimum Gasteiger partial charge on any atom is -0.300 e. The molecule has 0 radical (unpaired) electrons. The first-order chi connectivity index (χ1) is 61.1. The molecule has 0 fully saturated rings. The maximum Gasteiger partial charge on any atom is 0.159 e. The van der Waals surface area contributed by atoms with Crippen molar-refractivity contribution in [1.29, 1.82) is 0 Å². The fourth-order valence-electron chi connectivity index (χ4n) is 21.0. The van der Waals surface area contributed by atoms with Crippen LogP contribution in [0.5, 0.6) is 0 Å². The van der Waals surface area contributed by atoms with Crippen molar-refractivity contribution >= 4 is 57.8 Å². The first kappa shape index (κ1) is 129. The summed E-state index contributed by atoms with van der Waals surface area (Å²) in [6, 6.07) is 0. The van der Waals surface area contributed by atoms with Gasteiger partial charge in [0.2, 0.25) is 0 Å². The predicted molar refractivity (Wildman–Crippen MR) is 563 cm³/mol. The number of hydrogen-bond acceptors (Lipinski definition) is 10. The van der Waals surface area contributed by atoms with Crippen molar-refractivity contribution < 1.29 is 47.9 Å². The minimum absolute atomic E-state index is 0.237. The molecule has 130 heavy (non-hydrogen) atoms. The summed E-state index contributed by atoms with van der Waals surface area (Å²) in [5, 5.41) is 0. The van der Waals surface area contributed by atoms with E-state index in [2.05, 4.69) is 180 Å². The number of carbonyl (C=O) groups excluding carboxylic acids is 10. The van der Waals surface area contributed by atoms with Crippen LogP contribution in [-0.2, 0) is 47.9 Å². The van der Waals surface area contributed by atoms with Crippen molar-refractivity contribution in [3.8, 4) is 0 Å². The van der Waals surface area contributed by atoms with Crippen LogP contribution < -0.4 is 0 Å². The van der Waals surface area contributed by atoms with Gasteiger partial charge in [-0.25, -0.2) is 0 Å². The summed E-state index contributed by atoms with van der Waals surface area (Å²) in [5.41, 5.74) is 19.7. The van der Waals surface area contributed by atoms with E-state index in [9.17, 15) is 47.9 Å². The lowest BCUT2D eigenvalue weighted by Crippen LogP contribution is -2.28. The quantitative estimate of drug-likeness (QED) is 0.0574. The molecule has 0 aromatic rings. The first-order valence-electron chi connectivity index (χ1n) is 54.2. The predicted octanol–water partition coefficient (Wildman–Crippen LogP) is 36.8. The summed E-state index contributed by atoms with van der Waals surface area (Å²) in [7, 11) is 0. The average molecular weight is 1820 g/mol. The van der Waals surface area contributed by atoms with Crippen molar-refractivity contribution in [3.63, 3.8) is 0 Å². The second kappa shape index (κ2) is 69.6. The molecule has 7 unspecified atom stereocenters. The second-order valence-electron chi connectivity index (χ2n) is 43.4. The molecule has 0 aliphatic heterocycles. The topological polar surface area (TPSA) is 171 Å². The molecule has 752 valence electrons. The van der Waals surface area contributed by atoms with Crippen LogP contribution in [0.15, 0.2) is 78.0 Å². The number of carbonyl (C=O) groups is 10. The van der Waals surface area contributed by atoms with Crippen LogP contribution in [0, 0.1) is 37.9 Å². The van der Waals surface area contributed by atoms with Crippen LogP contribution in [0.1, 0.15) is 589 Å². The Labute approximate surface area is 805 Å². The molecule has 10 heteroatoms. The summed E-state index contributed by atoms with van der Waals surface area (Å²) in [4.78, 5) is 115. The van der Waals surface area contributed by atoms with Gasteiger partial charge in [-0.2, -0.15) is 0 Å². The molecule has 0 bridgehead atoms. The number of hydrogen-bond donors (Lipinski definition) is 0. The van der Waals surface area contributed by atoms with E-state index in [0.717, 1.165) is 253 Å². The molecule has 0 saturated heterocycles.